The fourth-order valence-electron chi connectivity index (χ4n) is 2.50. The van der Waals surface area contributed by atoms with Gasteiger partial charge in [0, 0.05) is 38.1 Å². The lowest BCUT2D eigenvalue weighted by molar-refractivity contribution is -0.426. The van der Waals surface area contributed by atoms with Crippen molar-refractivity contribution in [3.63, 3.8) is 0 Å². The van der Waals surface area contributed by atoms with E-state index in [-0.39, 0.29) is 10.6 Å². The van der Waals surface area contributed by atoms with Gasteiger partial charge in [-0.1, -0.05) is 17.7 Å². The standard InChI is InChI=1S/C17H25N3O3S/c1-13-4-6-15(7-5-13)24-12-16(20(21)22)17(19(2)3)18-10-14-8-9-23-11-14/h4-7,14,18H,8-12H2,1-3H3. The van der Waals surface area contributed by atoms with Gasteiger partial charge in [0.1, 0.15) is 0 Å². The average Bonchev–Trinajstić information content (AvgIpc) is 3.04. The molecule has 0 saturated carbocycles. The maximum atomic E-state index is 11.6. The van der Waals surface area contributed by atoms with Gasteiger partial charge in [-0.05, 0) is 25.5 Å². The molecule has 1 heterocycles. The zero-order valence-corrected chi connectivity index (χ0v) is 15.3. The summed E-state index contributed by atoms with van der Waals surface area (Å²) in [6.07, 6.45) is 1.000. The molecular formula is C17H25N3O3S. The Labute approximate surface area is 147 Å². The van der Waals surface area contributed by atoms with Gasteiger partial charge in [0.05, 0.1) is 17.3 Å². The highest BCUT2D eigenvalue weighted by Crippen LogP contribution is 2.23. The van der Waals surface area contributed by atoms with Crippen molar-refractivity contribution in [2.45, 2.75) is 18.2 Å². The number of nitrogens with one attached hydrogen (secondary N) is 1. The maximum Gasteiger partial charge on any atom is 0.296 e. The molecule has 7 heteroatoms. The molecule has 1 aliphatic heterocycles. The van der Waals surface area contributed by atoms with Gasteiger partial charge in [0.25, 0.3) is 5.70 Å². The van der Waals surface area contributed by atoms with Crippen LogP contribution in [0.1, 0.15) is 12.0 Å². The van der Waals surface area contributed by atoms with E-state index in [0.717, 1.165) is 24.5 Å². The van der Waals surface area contributed by atoms with Gasteiger partial charge >= 0.3 is 0 Å². The van der Waals surface area contributed by atoms with Gasteiger partial charge < -0.3 is 15.0 Å². The van der Waals surface area contributed by atoms with Crippen LogP contribution in [0.2, 0.25) is 0 Å². The van der Waals surface area contributed by atoms with E-state index in [1.165, 1.54) is 17.3 Å². The second-order valence-corrected chi connectivity index (χ2v) is 7.21. The number of rotatable bonds is 8. The zero-order chi connectivity index (χ0) is 17.5. The van der Waals surface area contributed by atoms with Crippen molar-refractivity contribution >= 4 is 11.8 Å². The fraction of sp³-hybridized carbons (Fsp3) is 0.529. The lowest BCUT2D eigenvalue weighted by Crippen LogP contribution is -2.33. The van der Waals surface area contributed by atoms with Gasteiger partial charge in [0.2, 0.25) is 0 Å². The first-order chi connectivity index (χ1) is 11.5. The molecule has 0 bridgehead atoms. The SMILES string of the molecule is Cc1ccc(SCC(=C(NCC2CCOC2)N(C)C)[N+](=O)[O-])cc1. The molecule has 2 rings (SSSR count). The minimum atomic E-state index is -0.283. The molecule has 1 aromatic rings. The largest absolute Gasteiger partial charge is 0.381 e. The molecule has 0 radical (unpaired) electrons. The van der Waals surface area contributed by atoms with E-state index in [9.17, 15) is 10.1 Å². The Hall–Kier alpha value is -1.73. The highest BCUT2D eigenvalue weighted by Gasteiger charge is 2.23. The van der Waals surface area contributed by atoms with Crippen LogP contribution < -0.4 is 5.32 Å². The lowest BCUT2D eigenvalue weighted by Gasteiger charge is -2.20. The number of thioether (sulfide) groups is 1. The summed E-state index contributed by atoms with van der Waals surface area (Å²) in [5.41, 5.74) is 1.38. The van der Waals surface area contributed by atoms with Crippen molar-refractivity contribution in [1.82, 2.24) is 10.2 Å². The van der Waals surface area contributed by atoms with Gasteiger partial charge in [0.15, 0.2) is 5.82 Å². The Bertz CT molecular complexity index is 581. The van der Waals surface area contributed by atoms with E-state index >= 15 is 0 Å². The topological polar surface area (TPSA) is 67.6 Å². The number of nitrogens with zero attached hydrogens (tertiary/aromatic N) is 2. The summed E-state index contributed by atoms with van der Waals surface area (Å²) in [6.45, 7) is 4.22. The summed E-state index contributed by atoms with van der Waals surface area (Å²) >= 11 is 1.48. The molecule has 1 aliphatic rings. The molecule has 0 aliphatic carbocycles. The molecule has 6 nitrogen and oxygen atoms in total. The second-order valence-electron chi connectivity index (χ2n) is 6.16. The third-order valence-electron chi connectivity index (χ3n) is 3.92. The number of benzene rings is 1. The van der Waals surface area contributed by atoms with Crippen LogP contribution in [0.15, 0.2) is 40.7 Å². The first kappa shape index (κ1) is 18.6. The summed E-state index contributed by atoms with van der Waals surface area (Å²) in [5.74, 6) is 1.31. The predicted molar refractivity (Wildman–Crippen MR) is 96.5 cm³/mol. The van der Waals surface area contributed by atoms with Crippen LogP contribution in [-0.2, 0) is 4.74 Å². The summed E-state index contributed by atoms with van der Waals surface area (Å²) < 4.78 is 5.37. The van der Waals surface area contributed by atoms with Crippen LogP contribution >= 0.6 is 11.8 Å². The minimum Gasteiger partial charge on any atom is -0.381 e. The maximum absolute atomic E-state index is 11.6. The predicted octanol–water partition coefficient (Wildman–Crippen LogP) is 2.72. The molecule has 1 saturated heterocycles. The first-order valence-electron chi connectivity index (χ1n) is 8.03. The molecular weight excluding hydrogens is 326 g/mol. The van der Waals surface area contributed by atoms with Gasteiger partial charge in [-0.3, -0.25) is 10.1 Å². The number of hydrogen-bond donors (Lipinski definition) is 1. The number of nitro groups is 1. The molecule has 1 fully saturated rings. The van der Waals surface area contributed by atoms with Crippen LogP contribution in [0, 0.1) is 23.0 Å². The number of hydrogen-bond acceptors (Lipinski definition) is 6. The van der Waals surface area contributed by atoms with Crippen molar-refractivity contribution in [3.05, 3.63) is 51.5 Å². The molecule has 0 amide bonds. The summed E-state index contributed by atoms with van der Waals surface area (Å²) in [7, 11) is 3.65. The third kappa shape index (κ3) is 5.42. The monoisotopic (exact) mass is 351 g/mol. The van der Waals surface area contributed by atoms with Gasteiger partial charge in [-0.25, -0.2) is 0 Å². The van der Waals surface area contributed by atoms with Gasteiger partial charge in [-0.2, -0.15) is 0 Å². The minimum absolute atomic E-state index is 0.199. The van der Waals surface area contributed by atoms with Crippen molar-refractivity contribution in [3.8, 4) is 0 Å². The van der Waals surface area contributed by atoms with Crippen LogP contribution in [0.3, 0.4) is 0 Å². The molecule has 0 aromatic heterocycles. The Balaban J connectivity index is 2.07. The van der Waals surface area contributed by atoms with E-state index in [1.54, 1.807) is 4.90 Å². The summed E-state index contributed by atoms with van der Waals surface area (Å²) in [4.78, 5) is 14.1. The number of ether oxygens (including phenoxy) is 1. The third-order valence-corrected chi connectivity index (χ3v) is 4.94. The Morgan fingerprint density at radius 3 is 2.67 bits per heavy atom. The molecule has 0 spiro atoms. The Kier molecular flexibility index (Phi) is 6.93. The van der Waals surface area contributed by atoms with E-state index in [0.29, 0.717) is 24.0 Å². The van der Waals surface area contributed by atoms with Crippen molar-refractivity contribution in [2.75, 3.05) is 39.6 Å². The van der Waals surface area contributed by atoms with Crippen LogP contribution in [0.25, 0.3) is 0 Å². The highest BCUT2D eigenvalue weighted by atomic mass is 32.2. The lowest BCUT2D eigenvalue weighted by atomic mass is 10.1. The first-order valence-corrected chi connectivity index (χ1v) is 9.02. The van der Waals surface area contributed by atoms with Crippen molar-refractivity contribution < 1.29 is 9.66 Å². The average molecular weight is 351 g/mol. The van der Waals surface area contributed by atoms with Crippen LogP contribution in [0.5, 0.6) is 0 Å². The molecule has 1 aromatic carbocycles. The number of aryl methyl sites for hydroxylation is 1. The quantitative estimate of drug-likeness (QED) is 0.441. The van der Waals surface area contributed by atoms with Crippen molar-refractivity contribution in [2.24, 2.45) is 5.92 Å². The normalized spacial score (nSPS) is 18.2. The molecule has 1 N–H and O–H groups in total. The van der Waals surface area contributed by atoms with E-state index in [4.69, 9.17) is 4.74 Å². The zero-order valence-electron chi connectivity index (χ0n) is 14.4. The highest BCUT2D eigenvalue weighted by molar-refractivity contribution is 7.99. The van der Waals surface area contributed by atoms with E-state index in [1.807, 2.05) is 45.3 Å². The van der Waals surface area contributed by atoms with Crippen LogP contribution in [-0.4, -0.2) is 49.4 Å². The van der Waals surface area contributed by atoms with E-state index < -0.39 is 0 Å². The van der Waals surface area contributed by atoms with Crippen molar-refractivity contribution in [1.29, 1.82) is 0 Å². The Morgan fingerprint density at radius 1 is 1.42 bits per heavy atom. The molecule has 132 valence electrons. The van der Waals surface area contributed by atoms with Crippen LogP contribution in [0.4, 0.5) is 0 Å². The summed E-state index contributed by atoms with van der Waals surface area (Å²) in [6, 6.07) is 8.03. The van der Waals surface area contributed by atoms with E-state index in [2.05, 4.69) is 5.32 Å². The smallest absolute Gasteiger partial charge is 0.296 e. The Morgan fingerprint density at radius 2 is 2.12 bits per heavy atom. The van der Waals surface area contributed by atoms with Gasteiger partial charge in [-0.15, -0.1) is 11.8 Å². The molecule has 1 atom stereocenters. The summed E-state index contributed by atoms with van der Waals surface area (Å²) in [5, 5.41) is 14.8. The molecule has 1 unspecified atom stereocenters. The fourth-order valence-corrected chi connectivity index (χ4v) is 3.37. The molecule has 24 heavy (non-hydrogen) atoms. The second kappa shape index (κ2) is 8.94.